The van der Waals surface area contributed by atoms with Crippen LogP contribution in [0.3, 0.4) is 0 Å². The predicted octanol–water partition coefficient (Wildman–Crippen LogP) is 3.74. The van der Waals surface area contributed by atoms with Gasteiger partial charge >= 0.3 is 0 Å². The maximum Gasteiger partial charge on any atom is 0.171 e. The van der Waals surface area contributed by atoms with Crippen LogP contribution in [0.5, 0.6) is 0 Å². The van der Waals surface area contributed by atoms with Gasteiger partial charge in [-0.3, -0.25) is 0 Å². The van der Waals surface area contributed by atoms with Crippen molar-refractivity contribution in [2.45, 2.75) is 9.92 Å². The standard InChI is InChI=1S/C12H9BrClN3OS/c13-7-1-3-9(12(15)17-18)10(5-7)19-11-4-2-8(14)6-16-11/h1-6,18H,(H2,15,17). The summed E-state index contributed by atoms with van der Waals surface area (Å²) in [7, 11) is 0. The van der Waals surface area contributed by atoms with Gasteiger partial charge in [-0.05, 0) is 30.3 Å². The largest absolute Gasteiger partial charge is 0.409 e. The second-order valence-corrected chi connectivity index (χ2v) is 5.96. The van der Waals surface area contributed by atoms with Gasteiger partial charge < -0.3 is 10.9 Å². The van der Waals surface area contributed by atoms with Crippen molar-refractivity contribution in [1.29, 1.82) is 0 Å². The monoisotopic (exact) mass is 357 g/mol. The first-order valence-corrected chi connectivity index (χ1v) is 7.16. The Kier molecular flexibility index (Phi) is 4.68. The van der Waals surface area contributed by atoms with Crippen LogP contribution in [0.15, 0.2) is 56.1 Å². The van der Waals surface area contributed by atoms with E-state index in [-0.39, 0.29) is 5.84 Å². The Morgan fingerprint density at radius 1 is 1.37 bits per heavy atom. The summed E-state index contributed by atoms with van der Waals surface area (Å²) in [6, 6.07) is 9.06. The average molecular weight is 359 g/mol. The molecular formula is C12H9BrClN3OS. The number of amidine groups is 1. The summed E-state index contributed by atoms with van der Waals surface area (Å²) < 4.78 is 0.901. The molecule has 1 aromatic heterocycles. The number of oxime groups is 1. The highest BCUT2D eigenvalue weighted by atomic mass is 79.9. The van der Waals surface area contributed by atoms with E-state index in [0.717, 1.165) is 14.4 Å². The van der Waals surface area contributed by atoms with E-state index < -0.39 is 0 Å². The molecule has 0 amide bonds. The van der Waals surface area contributed by atoms with Crippen LogP contribution in [0.1, 0.15) is 5.56 Å². The van der Waals surface area contributed by atoms with Gasteiger partial charge in [0.05, 0.1) is 5.02 Å². The quantitative estimate of drug-likeness (QED) is 0.379. The van der Waals surface area contributed by atoms with E-state index in [0.29, 0.717) is 10.6 Å². The molecule has 19 heavy (non-hydrogen) atoms. The number of nitrogens with two attached hydrogens (primary N) is 1. The molecule has 2 rings (SSSR count). The zero-order chi connectivity index (χ0) is 13.8. The Bertz CT molecular complexity index is 619. The van der Waals surface area contributed by atoms with Gasteiger partial charge in [0.2, 0.25) is 0 Å². The van der Waals surface area contributed by atoms with Crippen LogP contribution in [0.2, 0.25) is 5.02 Å². The fourth-order valence-electron chi connectivity index (χ4n) is 1.38. The van der Waals surface area contributed by atoms with Crippen molar-refractivity contribution in [1.82, 2.24) is 4.98 Å². The zero-order valence-electron chi connectivity index (χ0n) is 9.55. The fourth-order valence-corrected chi connectivity index (χ4v) is 2.94. The molecule has 1 heterocycles. The molecule has 1 aromatic carbocycles. The van der Waals surface area contributed by atoms with E-state index in [2.05, 4.69) is 26.1 Å². The molecule has 7 heteroatoms. The molecule has 0 saturated heterocycles. The summed E-state index contributed by atoms with van der Waals surface area (Å²) in [5.41, 5.74) is 6.30. The molecule has 0 bridgehead atoms. The van der Waals surface area contributed by atoms with Gasteiger partial charge in [-0.1, -0.05) is 44.4 Å². The minimum Gasteiger partial charge on any atom is -0.409 e. The average Bonchev–Trinajstić information content (AvgIpc) is 2.41. The van der Waals surface area contributed by atoms with Crippen LogP contribution in [0.4, 0.5) is 0 Å². The first-order chi connectivity index (χ1) is 9.10. The SMILES string of the molecule is N/C(=N/O)c1ccc(Br)cc1Sc1ccc(Cl)cn1. The van der Waals surface area contributed by atoms with Gasteiger partial charge in [0.15, 0.2) is 5.84 Å². The number of halogens is 2. The van der Waals surface area contributed by atoms with Gasteiger partial charge in [-0.2, -0.15) is 0 Å². The third kappa shape index (κ3) is 3.62. The number of nitrogens with zero attached hydrogens (tertiary/aromatic N) is 2. The minimum atomic E-state index is 0.0592. The smallest absolute Gasteiger partial charge is 0.171 e. The highest BCUT2D eigenvalue weighted by Gasteiger charge is 2.10. The van der Waals surface area contributed by atoms with E-state index in [1.54, 1.807) is 18.3 Å². The van der Waals surface area contributed by atoms with Gasteiger partial charge in [-0.25, -0.2) is 4.98 Å². The van der Waals surface area contributed by atoms with Crippen LogP contribution < -0.4 is 5.73 Å². The molecule has 0 fully saturated rings. The Labute approximate surface area is 127 Å². The van der Waals surface area contributed by atoms with Crippen molar-refractivity contribution in [2.24, 2.45) is 10.9 Å². The summed E-state index contributed by atoms with van der Waals surface area (Å²) in [5.74, 6) is 0.0592. The van der Waals surface area contributed by atoms with Crippen LogP contribution in [-0.4, -0.2) is 16.0 Å². The van der Waals surface area contributed by atoms with E-state index >= 15 is 0 Å². The third-order valence-electron chi connectivity index (χ3n) is 2.24. The van der Waals surface area contributed by atoms with Crippen molar-refractivity contribution in [3.8, 4) is 0 Å². The molecular weight excluding hydrogens is 350 g/mol. The molecule has 0 spiro atoms. The number of hydrogen-bond acceptors (Lipinski definition) is 4. The normalized spacial score (nSPS) is 11.6. The highest BCUT2D eigenvalue weighted by molar-refractivity contribution is 9.10. The van der Waals surface area contributed by atoms with Crippen molar-refractivity contribution < 1.29 is 5.21 Å². The van der Waals surface area contributed by atoms with E-state index in [9.17, 15) is 0 Å². The lowest BCUT2D eigenvalue weighted by molar-refractivity contribution is 0.318. The summed E-state index contributed by atoms with van der Waals surface area (Å²) in [4.78, 5) is 5.03. The van der Waals surface area contributed by atoms with Gasteiger partial charge in [0.1, 0.15) is 5.03 Å². The molecule has 0 aliphatic heterocycles. The Balaban J connectivity index is 2.38. The van der Waals surface area contributed by atoms with Crippen LogP contribution in [0.25, 0.3) is 0 Å². The van der Waals surface area contributed by atoms with Crippen molar-refractivity contribution in [3.63, 3.8) is 0 Å². The van der Waals surface area contributed by atoms with E-state index in [1.807, 2.05) is 18.2 Å². The summed E-state index contributed by atoms with van der Waals surface area (Å²) in [6.45, 7) is 0. The minimum absolute atomic E-state index is 0.0592. The maximum absolute atomic E-state index is 8.79. The highest BCUT2D eigenvalue weighted by Crippen LogP contribution is 2.31. The molecule has 0 aliphatic carbocycles. The molecule has 0 aliphatic rings. The van der Waals surface area contributed by atoms with E-state index in [4.69, 9.17) is 22.5 Å². The van der Waals surface area contributed by atoms with Crippen molar-refractivity contribution in [3.05, 3.63) is 51.6 Å². The number of pyridine rings is 1. The third-order valence-corrected chi connectivity index (χ3v) is 3.97. The second-order valence-electron chi connectivity index (χ2n) is 3.54. The maximum atomic E-state index is 8.79. The lowest BCUT2D eigenvalue weighted by Gasteiger charge is -2.08. The Hall–Kier alpha value is -1.24. The van der Waals surface area contributed by atoms with Crippen LogP contribution in [0, 0.1) is 0 Å². The lowest BCUT2D eigenvalue weighted by Crippen LogP contribution is -2.14. The molecule has 0 saturated carbocycles. The first kappa shape index (κ1) is 14.2. The van der Waals surface area contributed by atoms with Gasteiger partial charge in [0.25, 0.3) is 0 Å². The molecule has 0 atom stereocenters. The van der Waals surface area contributed by atoms with Crippen molar-refractivity contribution in [2.75, 3.05) is 0 Å². The predicted molar refractivity (Wildman–Crippen MR) is 80.0 cm³/mol. The molecule has 2 aromatic rings. The number of benzene rings is 1. The van der Waals surface area contributed by atoms with Crippen LogP contribution in [-0.2, 0) is 0 Å². The number of rotatable bonds is 3. The van der Waals surface area contributed by atoms with Gasteiger partial charge in [0, 0.05) is 21.1 Å². The first-order valence-electron chi connectivity index (χ1n) is 5.17. The summed E-state index contributed by atoms with van der Waals surface area (Å²) in [6.07, 6.45) is 1.57. The zero-order valence-corrected chi connectivity index (χ0v) is 12.7. The molecule has 4 nitrogen and oxygen atoms in total. The van der Waals surface area contributed by atoms with Crippen LogP contribution >= 0.6 is 39.3 Å². The molecule has 98 valence electrons. The summed E-state index contributed by atoms with van der Waals surface area (Å²) in [5, 5.41) is 13.2. The second kappa shape index (κ2) is 6.27. The Morgan fingerprint density at radius 2 is 2.16 bits per heavy atom. The van der Waals surface area contributed by atoms with Gasteiger partial charge in [-0.15, -0.1) is 0 Å². The summed E-state index contributed by atoms with van der Waals surface area (Å²) >= 11 is 10.6. The molecule has 0 radical (unpaired) electrons. The molecule has 3 N–H and O–H groups in total. The number of aromatic nitrogens is 1. The molecule has 0 unspecified atom stereocenters. The van der Waals surface area contributed by atoms with E-state index in [1.165, 1.54) is 11.8 Å². The topological polar surface area (TPSA) is 71.5 Å². The van der Waals surface area contributed by atoms with Crippen molar-refractivity contribution >= 4 is 45.1 Å². The lowest BCUT2D eigenvalue weighted by atomic mass is 10.2. The number of hydrogen-bond donors (Lipinski definition) is 2. The Morgan fingerprint density at radius 3 is 2.79 bits per heavy atom. The fraction of sp³-hybridized carbons (Fsp3) is 0.